The van der Waals surface area contributed by atoms with Crippen LogP contribution in [0.5, 0.6) is 0 Å². The van der Waals surface area contributed by atoms with Crippen LogP contribution in [0, 0.1) is 16.0 Å². The van der Waals surface area contributed by atoms with Crippen LogP contribution in [-0.2, 0) is 0 Å². The first-order valence-corrected chi connectivity index (χ1v) is 7.06. The summed E-state index contributed by atoms with van der Waals surface area (Å²) in [6, 6.07) is 3.93. The second-order valence-electron chi connectivity index (χ2n) is 4.40. The van der Waals surface area contributed by atoms with Crippen molar-refractivity contribution in [1.82, 2.24) is 0 Å². The minimum atomic E-state index is -1.16. The molecule has 2 N–H and O–H groups in total. The smallest absolute Gasteiger partial charge is 0.335 e. The Balaban J connectivity index is 2.14. The van der Waals surface area contributed by atoms with Crippen LogP contribution >= 0.6 is 11.8 Å². The molecule has 1 atom stereocenters. The second-order valence-corrected chi connectivity index (χ2v) is 5.55. The summed E-state index contributed by atoms with van der Waals surface area (Å²) in [6.07, 6.45) is 1.11. The van der Waals surface area contributed by atoms with Crippen LogP contribution in [0.15, 0.2) is 18.2 Å². The molecule has 6 nitrogen and oxygen atoms in total. The van der Waals surface area contributed by atoms with Gasteiger partial charge in [0.05, 0.1) is 10.5 Å². The molecule has 7 heteroatoms. The van der Waals surface area contributed by atoms with Gasteiger partial charge in [-0.05, 0) is 36.0 Å². The molecule has 0 aliphatic carbocycles. The van der Waals surface area contributed by atoms with Gasteiger partial charge >= 0.3 is 5.97 Å². The van der Waals surface area contributed by atoms with Gasteiger partial charge in [0.25, 0.3) is 5.69 Å². The lowest BCUT2D eigenvalue weighted by molar-refractivity contribution is -0.384. The van der Waals surface area contributed by atoms with Gasteiger partial charge in [-0.3, -0.25) is 10.1 Å². The fourth-order valence-corrected chi connectivity index (χ4v) is 3.25. The normalized spacial score (nSPS) is 18.2. The van der Waals surface area contributed by atoms with E-state index in [4.69, 9.17) is 5.11 Å². The maximum atomic E-state index is 11.0. The van der Waals surface area contributed by atoms with Crippen molar-refractivity contribution in [3.63, 3.8) is 0 Å². The summed E-state index contributed by atoms with van der Waals surface area (Å²) in [6.45, 7) is 0.681. The zero-order valence-corrected chi connectivity index (χ0v) is 11.0. The van der Waals surface area contributed by atoms with Crippen LogP contribution < -0.4 is 5.32 Å². The minimum absolute atomic E-state index is 0.0753. The lowest BCUT2D eigenvalue weighted by Crippen LogP contribution is -2.14. The zero-order chi connectivity index (χ0) is 13.8. The molecule has 1 aromatic carbocycles. The van der Waals surface area contributed by atoms with Crippen molar-refractivity contribution in [3.05, 3.63) is 33.9 Å². The van der Waals surface area contributed by atoms with Crippen molar-refractivity contribution >= 4 is 29.1 Å². The molecule has 1 fully saturated rings. The van der Waals surface area contributed by atoms with Crippen LogP contribution in [0.2, 0.25) is 0 Å². The predicted octanol–water partition coefficient (Wildman–Crippen LogP) is 2.46. The fourth-order valence-electron chi connectivity index (χ4n) is 1.96. The number of carboxylic acids is 1. The van der Waals surface area contributed by atoms with Gasteiger partial charge in [0.1, 0.15) is 5.69 Å². The highest BCUT2D eigenvalue weighted by molar-refractivity contribution is 7.99. The number of nitrogens with zero attached hydrogens (tertiary/aromatic N) is 1. The first-order chi connectivity index (χ1) is 9.08. The van der Waals surface area contributed by atoms with Crippen molar-refractivity contribution in [3.8, 4) is 0 Å². The van der Waals surface area contributed by atoms with E-state index in [0.717, 1.165) is 24.0 Å². The van der Waals surface area contributed by atoms with Crippen molar-refractivity contribution in [1.29, 1.82) is 0 Å². The Hall–Kier alpha value is -1.76. The summed E-state index contributed by atoms with van der Waals surface area (Å²) in [5, 5.41) is 22.9. The minimum Gasteiger partial charge on any atom is -0.478 e. The van der Waals surface area contributed by atoms with E-state index < -0.39 is 10.9 Å². The van der Waals surface area contributed by atoms with Gasteiger partial charge < -0.3 is 10.4 Å². The number of carboxylic acid groups (broad SMARTS) is 1. The number of hydrogen-bond acceptors (Lipinski definition) is 5. The number of nitrogens with one attached hydrogen (secondary N) is 1. The van der Waals surface area contributed by atoms with Gasteiger partial charge in [-0.1, -0.05) is 0 Å². The van der Waals surface area contributed by atoms with Gasteiger partial charge in [0, 0.05) is 12.6 Å². The van der Waals surface area contributed by atoms with Crippen molar-refractivity contribution in [2.45, 2.75) is 6.42 Å². The van der Waals surface area contributed by atoms with E-state index in [1.165, 1.54) is 12.1 Å². The summed E-state index contributed by atoms with van der Waals surface area (Å²) in [5.74, 6) is 1.55. The van der Waals surface area contributed by atoms with E-state index in [2.05, 4.69) is 5.32 Å². The van der Waals surface area contributed by atoms with E-state index in [0.29, 0.717) is 18.2 Å². The summed E-state index contributed by atoms with van der Waals surface area (Å²) in [4.78, 5) is 21.2. The van der Waals surface area contributed by atoms with Crippen LogP contribution in [0.1, 0.15) is 16.8 Å². The highest BCUT2D eigenvalue weighted by Gasteiger charge is 2.20. The summed E-state index contributed by atoms with van der Waals surface area (Å²) in [5.41, 5.74) is 0.117. The van der Waals surface area contributed by atoms with Crippen LogP contribution in [-0.4, -0.2) is 34.0 Å². The average Bonchev–Trinajstić information content (AvgIpc) is 2.89. The molecule has 19 heavy (non-hydrogen) atoms. The lowest BCUT2D eigenvalue weighted by atomic mass is 10.1. The van der Waals surface area contributed by atoms with E-state index in [1.807, 2.05) is 11.8 Å². The van der Waals surface area contributed by atoms with Crippen LogP contribution in [0.25, 0.3) is 0 Å². The third-order valence-corrected chi connectivity index (χ3v) is 4.28. The summed E-state index contributed by atoms with van der Waals surface area (Å²) >= 11 is 1.88. The van der Waals surface area contributed by atoms with Crippen molar-refractivity contribution in [2.75, 3.05) is 23.4 Å². The average molecular weight is 282 g/mol. The Labute approximate surface area is 114 Å². The highest BCUT2D eigenvalue weighted by atomic mass is 32.2. The summed E-state index contributed by atoms with van der Waals surface area (Å²) < 4.78 is 0. The van der Waals surface area contributed by atoms with Gasteiger partial charge in [0.15, 0.2) is 0 Å². The molecule has 1 heterocycles. The zero-order valence-electron chi connectivity index (χ0n) is 10.2. The number of benzene rings is 1. The Morgan fingerprint density at radius 1 is 1.58 bits per heavy atom. The van der Waals surface area contributed by atoms with Gasteiger partial charge in [-0.25, -0.2) is 4.79 Å². The molecule has 102 valence electrons. The standard InChI is InChI=1S/C12H14N2O4S/c15-12(16)9-1-2-10(11(5-9)14(17)18)13-6-8-3-4-19-7-8/h1-2,5,8,13H,3-4,6-7H2,(H,15,16). The molecule has 1 unspecified atom stereocenters. The number of aromatic carboxylic acids is 1. The molecule has 0 spiro atoms. The van der Waals surface area contributed by atoms with Gasteiger partial charge in [-0.15, -0.1) is 0 Å². The lowest BCUT2D eigenvalue weighted by Gasteiger charge is -2.11. The monoisotopic (exact) mass is 282 g/mol. The molecule has 1 saturated heterocycles. The predicted molar refractivity (Wildman–Crippen MR) is 74.0 cm³/mol. The van der Waals surface area contributed by atoms with E-state index >= 15 is 0 Å². The SMILES string of the molecule is O=C(O)c1ccc(NCC2CCSC2)c([N+](=O)[O-])c1. The number of nitro groups is 1. The fraction of sp³-hybridized carbons (Fsp3) is 0.417. The third-order valence-electron chi connectivity index (χ3n) is 3.05. The number of carbonyl (C=O) groups is 1. The van der Waals surface area contributed by atoms with Crippen LogP contribution in [0.4, 0.5) is 11.4 Å². The van der Waals surface area contributed by atoms with E-state index in [9.17, 15) is 14.9 Å². The Kier molecular flexibility index (Phi) is 4.26. The Bertz CT molecular complexity index is 501. The molecule has 1 aromatic rings. The maximum absolute atomic E-state index is 11.0. The Morgan fingerprint density at radius 3 is 2.95 bits per heavy atom. The quantitative estimate of drug-likeness (QED) is 0.636. The van der Waals surface area contributed by atoms with Crippen molar-refractivity contribution in [2.24, 2.45) is 5.92 Å². The Morgan fingerprint density at radius 2 is 2.37 bits per heavy atom. The van der Waals surface area contributed by atoms with E-state index in [1.54, 1.807) is 0 Å². The van der Waals surface area contributed by atoms with Gasteiger partial charge in [0.2, 0.25) is 0 Å². The molecule has 1 aliphatic rings. The third kappa shape index (κ3) is 3.37. The molecule has 0 bridgehead atoms. The molecule has 1 aliphatic heterocycles. The summed E-state index contributed by atoms with van der Waals surface area (Å²) in [7, 11) is 0. The van der Waals surface area contributed by atoms with Crippen LogP contribution in [0.3, 0.4) is 0 Å². The molecule has 0 radical (unpaired) electrons. The molecule has 0 saturated carbocycles. The highest BCUT2D eigenvalue weighted by Crippen LogP contribution is 2.28. The largest absolute Gasteiger partial charge is 0.478 e. The molecular formula is C12H14N2O4S. The van der Waals surface area contributed by atoms with Gasteiger partial charge in [-0.2, -0.15) is 11.8 Å². The number of thioether (sulfide) groups is 1. The van der Waals surface area contributed by atoms with Crippen molar-refractivity contribution < 1.29 is 14.8 Å². The molecule has 0 aromatic heterocycles. The number of rotatable bonds is 5. The molecule has 2 rings (SSSR count). The number of nitro benzene ring substituents is 1. The second kappa shape index (κ2) is 5.92. The topological polar surface area (TPSA) is 92.5 Å². The maximum Gasteiger partial charge on any atom is 0.335 e. The first-order valence-electron chi connectivity index (χ1n) is 5.91. The number of anilines is 1. The number of hydrogen-bond donors (Lipinski definition) is 2. The molecule has 0 amide bonds. The first kappa shape index (κ1) is 13.7. The van der Waals surface area contributed by atoms with E-state index in [-0.39, 0.29) is 11.3 Å². The molecular weight excluding hydrogens is 268 g/mol.